The maximum absolute atomic E-state index is 12.6. The molecule has 0 spiro atoms. The Morgan fingerprint density at radius 3 is 2.62 bits per heavy atom. The Morgan fingerprint density at radius 1 is 1.38 bits per heavy atom. The molecule has 1 heterocycles. The van der Waals surface area contributed by atoms with Gasteiger partial charge in [0.15, 0.2) is 0 Å². The molecule has 118 valence electrons. The van der Waals surface area contributed by atoms with E-state index in [1.165, 1.54) is 12.1 Å². The summed E-state index contributed by atoms with van der Waals surface area (Å²) < 4.78 is 37.9. The van der Waals surface area contributed by atoms with Crippen molar-refractivity contribution in [3.05, 3.63) is 35.4 Å². The minimum Gasteiger partial charge on any atom is -0.338 e. The zero-order chi connectivity index (χ0) is 14.9. The summed E-state index contributed by atoms with van der Waals surface area (Å²) in [6.45, 7) is 2.91. The van der Waals surface area contributed by atoms with Gasteiger partial charge in [0.1, 0.15) is 0 Å². The second-order valence-electron chi connectivity index (χ2n) is 5.26. The molecule has 1 aliphatic heterocycles. The monoisotopic (exact) mass is 322 g/mol. The van der Waals surface area contributed by atoms with Gasteiger partial charge in [-0.15, -0.1) is 12.4 Å². The zero-order valence-electron chi connectivity index (χ0n) is 11.6. The van der Waals surface area contributed by atoms with Crippen LogP contribution in [-0.4, -0.2) is 29.9 Å². The van der Waals surface area contributed by atoms with Crippen LogP contribution in [0.15, 0.2) is 24.3 Å². The third kappa shape index (κ3) is 4.11. The molecule has 0 saturated carbocycles. The van der Waals surface area contributed by atoms with Crippen molar-refractivity contribution in [2.45, 2.75) is 25.6 Å². The number of alkyl halides is 3. The molecule has 1 fully saturated rings. The number of hydrogen-bond acceptors (Lipinski definition) is 2. The van der Waals surface area contributed by atoms with Crippen LogP contribution in [0.3, 0.4) is 0 Å². The van der Waals surface area contributed by atoms with Gasteiger partial charge in [-0.1, -0.05) is 13.0 Å². The van der Waals surface area contributed by atoms with Crippen molar-refractivity contribution in [2.24, 2.45) is 11.7 Å². The number of piperidine rings is 1. The Labute approximate surface area is 127 Å². The highest BCUT2D eigenvalue weighted by Crippen LogP contribution is 2.30. The molecule has 2 unspecified atom stereocenters. The number of benzene rings is 1. The first-order chi connectivity index (χ1) is 9.29. The van der Waals surface area contributed by atoms with Crippen molar-refractivity contribution in [2.75, 3.05) is 13.1 Å². The average molecular weight is 323 g/mol. The fourth-order valence-electron chi connectivity index (χ4n) is 2.36. The molecule has 0 aliphatic carbocycles. The van der Waals surface area contributed by atoms with Crippen LogP contribution in [0, 0.1) is 5.92 Å². The van der Waals surface area contributed by atoms with Gasteiger partial charge in [0.25, 0.3) is 5.91 Å². The number of likely N-dealkylation sites (tertiary alicyclic amines) is 1. The van der Waals surface area contributed by atoms with E-state index in [-0.39, 0.29) is 35.8 Å². The van der Waals surface area contributed by atoms with Gasteiger partial charge in [0, 0.05) is 24.7 Å². The standard InChI is InChI=1S/C14H17F3N2O.ClH/c1-9-8-19(6-5-12(9)18)13(20)10-3-2-4-11(7-10)14(15,16)17;/h2-4,7,9,12H,5-6,8,18H2,1H3;1H. The maximum atomic E-state index is 12.6. The van der Waals surface area contributed by atoms with Crippen LogP contribution >= 0.6 is 12.4 Å². The van der Waals surface area contributed by atoms with Crippen LogP contribution in [0.25, 0.3) is 0 Å². The molecule has 1 aromatic carbocycles. The van der Waals surface area contributed by atoms with E-state index >= 15 is 0 Å². The third-order valence-electron chi connectivity index (χ3n) is 3.70. The van der Waals surface area contributed by atoms with E-state index < -0.39 is 11.7 Å². The fraction of sp³-hybridized carbons (Fsp3) is 0.500. The molecule has 7 heteroatoms. The minimum atomic E-state index is -4.44. The molecule has 0 radical (unpaired) electrons. The number of carbonyl (C=O) groups excluding carboxylic acids is 1. The number of rotatable bonds is 1. The highest BCUT2D eigenvalue weighted by molar-refractivity contribution is 5.94. The summed E-state index contributed by atoms with van der Waals surface area (Å²) in [5.74, 6) is -0.214. The third-order valence-corrected chi connectivity index (χ3v) is 3.70. The van der Waals surface area contributed by atoms with Crippen LogP contribution < -0.4 is 5.73 Å². The molecule has 2 N–H and O–H groups in total. The van der Waals surface area contributed by atoms with Gasteiger partial charge in [0.05, 0.1) is 5.56 Å². The van der Waals surface area contributed by atoms with Crippen molar-refractivity contribution in [1.82, 2.24) is 4.90 Å². The number of hydrogen-bond donors (Lipinski definition) is 1. The van der Waals surface area contributed by atoms with Gasteiger partial charge in [0.2, 0.25) is 0 Å². The van der Waals surface area contributed by atoms with Gasteiger partial charge in [-0.3, -0.25) is 4.79 Å². The minimum absolute atomic E-state index is 0. The molecular formula is C14H18ClF3N2O. The zero-order valence-corrected chi connectivity index (χ0v) is 12.4. The van der Waals surface area contributed by atoms with Crippen molar-refractivity contribution < 1.29 is 18.0 Å². The predicted octanol–water partition coefficient (Wildman–Crippen LogP) is 2.94. The largest absolute Gasteiger partial charge is 0.416 e. The van der Waals surface area contributed by atoms with E-state index in [4.69, 9.17) is 5.73 Å². The number of nitrogens with two attached hydrogens (primary N) is 1. The SMILES string of the molecule is CC1CN(C(=O)c2cccc(C(F)(F)F)c2)CCC1N.Cl. The second-order valence-corrected chi connectivity index (χ2v) is 5.26. The van der Waals surface area contributed by atoms with Crippen LogP contribution in [0.2, 0.25) is 0 Å². The van der Waals surface area contributed by atoms with Gasteiger partial charge >= 0.3 is 6.18 Å². The van der Waals surface area contributed by atoms with Gasteiger partial charge in [-0.25, -0.2) is 0 Å². The van der Waals surface area contributed by atoms with Crippen molar-refractivity contribution in [1.29, 1.82) is 0 Å². The fourth-order valence-corrected chi connectivity index (χ4v) is 2.36. The van der Waals surface area contributed by atoms with E-state index in [1.807, 2.05) is 6.92 Å². The number of halogens is 4. The van der Waals surface area contributed by atoms with Crippen molar-refractivity contribution >= 4 is 18.3 Å². The highest BCUT2D eigenvalue weighted by Gasteiger charge is 2.32. The highest BCUT2D eigenvalue weighted by atomic mass is 35.5. The predicted molar refractivity (Wildman–Crippen MR) is 76.4 cm³/mol. The molecular weight excluding hydrogens is 305 g/mol. The lowest BCUT2D eigenvalue weighted by Crippen LogP contribution is -2.48. The molecule has 3 nitrogen and oxygen atoms in total. The number of carbonyl (C=O) groups is 1. The molecule has 2 rings (SSSR count). The van der Waals surface area contributed by atoms with Crippen molar-refractivity contribution in [3.8, 4) is 0 Å². The van der Waals surface area contributed by atoms with Crippen molar-refractivity contribution in [3.63, 3.8) is 0 Å². The summed E-state index contributed by atoms with van der Waals surface area (Å²) >= 11 is 0. The Morgan fingerprint density at radius 2 is 2.05 bits per heavy atom. The van der Waals surface area contributed by atoms with Gasteiger partial charge in [-0.05, 0) is 30.5 Å². The van der Waals surface area contributed by atoms with Gasteiger partial charge < -0.3 is 10.6 Å². The van der Waals surface area contributed by atoms with E-state index in [1.54, 1.807) is 4.90 Å². The lowest BCUT2D eigenvalue weighted by Gasteiger charge is -2.35. The summed E-state index contributed by atoms with van der Waals surface area (Å²) in [5, 5.41) is 0. The Balaban J connectivity index is 0.00000220. The summed E-state index contributed by atoms with van der Waals surface area (Å²) in [7, 11) is 0. The summed E-state index contributed by atoms with van der Waals surface area (Å²) in [5.41, 5.74) is 5.14. The molecule has 1 amide bonds. The maximum Gasteiger partial charge on any atom is 0.416 e. The number of amides is 1. The molecule has 1 aromatic rings. The first-order valence-electron chi connectivity index (χ1n) is 6.51. The number of nitrogens with zero attached hydrogens (tertiary/aromatic N) is 1. The summed E-state index contributed by atoms with van der Waals surface area (Å²) in [6.07, 6.45) is -3.76. The van der Waals surface area contributed by atoms with E-state index in [0.29, 0.717) is 19.5 Å². The van der Waals surface area contributed by atoms with Gasteiger partial charge in [-0.2, -0.15) is 13.2 Å². The second kappa shape index (κ2) is 6.66. The smallest absolute Gasteiger partial charge is 0.338 e. The molecule has 21 heavy (non-hydrogen) atoms. The molecule has 1 aliphatic rings. The van der Waals surface area contributed by atoms with Crippen LogP contribution in [0.5, 0.6) is 0 Å². The first-order valence-corrected chi connectivity index (χ1v) is 6.51. The molecule has 1 saturated heterocycles. The van der Waals surface area contributed by atoms with Crippen LogP contribution in [0.4, 0.5) is 13.2 Å². The lowest BCUT2D eigenvalue weighted by atomic mass is 9.94. The Hall–Kier alpha value is -1.27. The van der Waals surface area contributed by atoms with E-state index in [9.17, 15) is 18.0 Å². The lowest BCUT2D eigenvalue weighted by molar-refractivity contribution is -0.137. The quantitative estimate of drug-likeness (QED) is 0.864. The average Bonchev–Trinajstić information content (AvgIpc) is 2.40. The molecule has 0 bridgehead atoms. The summed E-state index contributed by atoms with van der Waals surface area (Å²) in [4.78, 5) is 13.8. The van der Waals surface area contributed by atoms with Crippen LogP contribution in [0.1, 0.15) is 29.3 Å². The molecule has 2 atom stereocenters. The molecule has 0 aromatic heterocycles. The van der Waals surface area contributed by atoms with Crippen LogP contribution in [-0.2, 0) is 6.18 Å². The summed E-state index contributed by atoms with van der Waals surface area (Å²) in [6, 6.07) is 4.58. The topological polar surface area (TPSA) is 46.3 Å². The Bertz CT molecular complexity index is 507. The van der Waals surface area contributed by atoms with E-state index in [0.717, 1.165) is 12.1 Å². The Kier molecular flexibility index (Phi) is 5.64. The first kappa shape index (κ1) is 17.8. The van der Waals surface area contributed by atoms with E-state index in [2.05, 4.69) is 0 Å². The normalized spacial score (nSPS) is 22.6.